The molecule has 0 rings (SSSR count). The summed E-state index contributed by atoms with van der Waals surface area (Å²) in [5, 5.41) is 1.12. The minimum Gasteiger partial charge on any atom is -0.381 e. The number of ether oxygens (including phenoxy) is 1. The molecule has 0 aliphatic carbocycles. The highest BCUT2D eigenvalue weighted by atomic mass is 32.2. The van der Waals surface area contributed by atoms with E-state index in [0.29, 0.717) is 6.61 Å². The quantitative estimate of drug-likeness (QED) is 0.577. The van der Waals surface area contributed by atoms with Crippen molar-refractivity contribution >= 4 is 9.84 Å². The van der Waals surface area contributed by atoms with Crippen molar-refractivity contribution < 1.29 is 13.2 Å². The third-order valence-electron chi connectivity index (χ3n) is 0.606. The van der Waals surface area contributed by atoms with Gasteiger partial charge in [-0.3, -0.25) is 0 Å². The molecule has 0 aliphatic rings. The van der Waals surface area contributed by atoms with Gasteiger partial charge in [-0.2, -0.15) is 0 Å². The van der Waals surface area contributed by atoms with Gasteiger partial charge in [0.25, 0.3) is 0 Å². The fourth-order valence-corrected chi connectivity index (χ4v) is 0.738. The van der Waals surface area contributed by atoms with Gasteiger partial charge in [-0.1, -0.05) is 0 Å². The van der Waals surface area contributed by atoms with Crippen LogP contribution in [0.5, 0.6) is 0 Å². The molecular weight excluding hydrogens is 140 g/mol. The molecule has 0 fully saturated rings. The Labute approximate surface area is 55.2 Å². The predicted molar refractivity (Wildman–Crippen MR) is 35.9 cm³/mol. The van der Waals surface area contributed by atoms with Crippen molar-refractivity contribution in [3.05, 3.63) is 11.5 Å². The van der Waals surface area contributed by atoms with Crippen LogP contribution < -0.4 is 0 Å². The van der Waals surface area contributed by atoms with Gasteiger partial charge in [-0.05, 0) is 6.08 Å². The Hall–Kier alpha value is -0.350. The van der Waals surface area contributed by atoms with E-state index in [9.17, 15) is 8.42 Å². The van der Waals surface area contributed by atoms with Crippen LogP contribution in [0.2, 0.25) is 0 Å². The molecule has 0 bridgehead atoms. The first-order chi connectivity index (χ1) is 4.06. The van der Waals surface area contributed by atoms with Gasteiger partial charge < -0.3 is 4.74 Å². The minimum absolute atomic E-state index is 0.340. The maximum Gasteiger partial charge on any atom is 0.168 e. The molecule has 3 nitrogen and oxygen atoms in total. The van der Waals surface area contributed by atoms with E-state index in [2.05, 4.69) is 4.74 Å². The Balaban J connectivity index is 3.73. The zero-order chi connectivity index (χ0) is 7.33. The van der Waals surface area contributed by atoms with E-state index in [0.717, 1.165) is 11.7 Å². The molecule has 9 heavy (non-hydrogen) atoms. The summed E-state index contributed by atoms with van der Waals surface area (Å²) in [6.45, 7) is 0.340. The van der Waals surface area contributed by atoms with Crippen LogP contribution in [0.4, 0.5) is 0 Å². The lowest BCUT2D eigenvalue weighted by Crippen LogP contribution is -1.89. The van der Waals surface area contributed by atoms with Gasteiger partial charge in [0, 0.05) is 18.8 Å². The molecule has 0 radical (unpaired) electrons. The summed E-state index contributed by atoms with van der Waals surface area (Å²) >= 11 is 0. The van der Waals surface area contributed by atoms with Crippen molar-refractivity contribution in [1.29, 1.82) is 0 Å². The monoisotopic (exact) mass is 150 g/mol. The van der Waals surface area contributed by atoms with Crippen LogP contribution in [-0.2, 0) is 14.6 Å². The van der Waals surface area contributed by atoms with Gasteiger partial charge in [0.05, 0.1) is 6.61 Å². The molecule has 4 heteroatoms. The Bertz CT molecular complexity index is 178. The van der Waals surface area contributed by atoms with E-state index in [1.807, 2.05) is 0 Å². The second-order valence-corrected chi connectivity index (χ2v) is 3.59. The van der Waals surface area contributed by atoms with Crippen molar-refractivity contribution in [1.82, 2.24) is 0 Å². The normalized spacial score (nSPS) is 12.7. The van der Waals surface area contributed by atoms with Crippen LogP contribution in [0.1, 0.15) is 0 Å². The molecule has 0 amide bonds. The SMILES string of the molecule is COC/C=C\S(C)(=O)=O. The maximum absolute atomic E-state index is 10.4. The van der Waals surface area contributed by atoms with Crippen LogP contribution in [-0.4, -0.2) is 28.4 Å². The minimum atomic E-state index is -2.96. The summed E-state index contributed by atoms with van der Waals surface area (Å²) in [7, 11) is -1.45. The van der Waals surface area contributed by atoms with E-state index < -0.39 is 9.84 Å². The molecule has 54 valence electrons. The van der Waals surface area contributed by atoms with Crippen molar-refractivity contribution in [2.24, 2.45) is 0 Å². The first kappa shape index (κ1) is 8.65. The van der Waals surface area contributed by atoms with Gasteiger partial charge in [0.1, 0.15) is 0 Å². The largest absolute Gasteiger partial charge is 0.381 e. The van der Waals surface area contributed by atoms with Crippen LogP contribution in [0.3, 0.4) is 0 Å². The topological polar surface area (TPSA) is 43.4 Å². The van der Waals surface area contributed by atoms with Crippen molar-refractivity contribution in [2.45, 2.75) is 0 Å². The highest BCUT2D eigenvalue weighted by Crippen LogP contribution is 1.84. The van der Waals surface area contributed by atoms with Gasteiger partial charge >= 0.3 is 0 Å². The Morgan fingerprint density at radius 2 is 2.11 bits per heavy atom. The molecule has 0 aliphatic heterocycles. The number of rotatable bonds is 3. The van der Waals surface area contributed by atoms with E-state index in [1.165, 1.54) is 13.2 Å². The average Bonchev–Trinajstić information content (AvgIpc) is 1.63. The van der Waals surface area contributed by atoms with E-state index in [-0.39, 0.29) is 0 Å². The van der Waals surface area contributed by atoms with Gasteiger partial charge in [0.2, 0.25) is 0 Å². The second kappa shape index (κ2) is 3.63. The highest BCUT2D eigenvalue weighted by Gasteiger charge is 1.89. The fraction of sp³-hybridized carbons (Fsp3) is 0.600. The standard InChI is InChI=1S/C5H10O3S/c1-8-4-3-5-9(2,6)7/h3,5H,4H2,1-2H3/b5-3-. The zero-order valence-corrected chi connectivity index (χ0v) is 6.31. The lowest BCUT2D eigenvalue weighted by Gasteiger charge is -1.86. The van der Waals surface area contributed by atoms with Gasteiger partial charge in [-0.25, -0.2) is 8.42 Å². The third-order valence-corrected chi connectivity index (χ3v) is 1.29. The van der Waals surface area contributed by atoms with Crippen molar-refractivity contribution in [3.8, 4) is 0 Å². The van der Waals surface area contributed by atoms with Gasteiger partial charge in [-0.15, -0.1) is 0 Å². The summed E-state index contributed by atoms with van der Waals surface area (Å²) in [5.41, 5.74) is 0. The van der Waals surface area contributed by atoms with Gasteiger partial charge in [0.15, 0.2) is 9.84 Å². The summed E-state index contributed by atoms with van der Waals surface area (Å²) < 4.78 is 25.3. The van der Waals surface area contributed by atoms with E-state index in [1.54, 1.807) is 0 Å². The Kier molecular flexibility index (Phi) is 3.49. The van der Waals surface area contributed by atoms with Crippen LogP contribution in [0, 0.1) is 0 Å². The fourth-order valence-electron chi connectivity index (χ4n) is 0.310. The molecule has 0 heterocycles. The lowest BCUT2D eigenvalue weighted by molar-refractivity contribution is 0.234. The van der Waals surface area contributed by atoms with Crippen LogP contribution >= 0.6 is 0 Å². The molecule has 0 aromatic rings. The Morgan fingerprint density at radius 1 is 1.56 bits per heavy atom. The first-order valence-electron chi connectivity index (χ1n) is 2.42. The smallest absolute Gasteiger partial charge is 0.168 e. The third kappa shape index (κ3) is 7.65. The lowest BCUT2D eigenvalue weighted by atomic mass is 10.7. The van der Waals surface area contributed by atoms with Crippen LogP contribution in [0.25, 0.3) is 0 Å². The number of hydrogen-bond donors (Lipinski definition) is 0. The van der Waals surface area contributed by atoms with Crippen LogP contribution in [0.15, 0.2) is 11.5 Å². The summed E-state index contributed by atoms with van der Waals surface area (Å²) in [6.07, 6.45) is 2.59. The van der Waals surface area contributed by atoms with Crippen molar-refractivity contribution in [3.63, 3.8) is 0 Å². The summed E-state index contributed by atoms with van der Waals surface area (Å²) in [5.74, 6) is 0. The highest BCUT2D eigenvalue weighted by molar-refractivity contribution is 7.93. The molecule has 0 saturated heterocycles. The molecule has 0 N–H and O–H groups in total. The molecule has 0 atom stereocenters. The second-order valence-electron chi connectivity index (χ2n) is 1.66. The molecule has 0 aromatic heterocycles. The van der Waals surface area contributed by atoms with Crippen molar-refractivity contribution in [2.75, 3.05) is 20.0 Å². The average molecular weight is 150 g/mol. The zero-order valence-electron chi connectivity index (χ0n) is 5.49. The molecule has 0 unspecified atom stereocenters. The predicted octanol–water partition coefficient (Wildman–Crippen LogP) is 0.191. The first-order valence-corrected chi connectivity index (χ1v) is 4.37. The number of methoxy groups -OCH3 is 1. The maximum atomic E-state index is 10.4. The molecular formula is C5H10O3S. The summed E-state index contributed by atoms with van der Waals surface area (Å²) in [6, 6.07) is 0. The van der Waals surface area contributed by atoms with E-state index >= 15 is 0 Å². The van der Waals surface area contributed by atoms with E-state index in [4.69, 9.17) is 0 Å². The Morgan fingerprint density at radius 3 is 2.44 bits per heavy atom. The molecule has 0 spiro atoms. The summed E-state index contributed by atoms with van der Waals surface area (Å²) in [4.78, 5) is 0. The molecule has 0 saturated carbocycles. The number of hydrogen-bond acceptors (Lipinski definition) is 3. The molecule has 0 aromatic carbocycles. The number of sulfone groups is 1.